The molecule has 0 fully saturated rings. The van der Waals surface area contributed by atoms with Gasteiger partial charge in [0.15, 0.2) is 17.3 Å². The average Bonchev–Trinajstić information content (AvgIpc) is 2.81. The van der Waals surface area contributed by atoms with Crippen molar-refractivity contribution in [3.05, 3.63) is 89.0 Å². The highest BCUT2D eigenvalue weighted by Crippen LogP contribution is 2.27. The second-order valence-corrected chi connectivity index (χ2v) is 6.94. The summed E-state index contributed by atoms with van der Waals surface area (Å²) in [4.78, 5) is 12.5. The lowest BCUT2D eigenvalue weighted by atomic mass is 10.1. The Balaban J connectivity index is 1.73. The van der Waals surface area contributed by atoms with Gasteiger partial charge in [-0.2, -0.15) is 0 Å². The summed E-state index contributed by atoms with van der Waals surface area (Å²) >= 11 is 0. The number of hydrogen-bond donors (Lipinski definition) is 1. The lowest BCUT2D eigenvalue weighted by molar-refractivity contribution is 0.104. The normalized spacial score (nSPS) is 10.8. The molecule has 0 aromatic heterocycles. The monoisotopic (exact) mass is 418 g/mol. The van der Waals surface area contributed by atoms with E-state index in [1.165, 1.54) is 30.9 Å². The number of allylic oxidation sites excluding steroid dienone is 1. The predicted octanol–water partition coefficient (Wildman–Crippen LogP) is 5.45. The molecule has 0 unspecified atom stereocenters. The Morgan fingerprint density at radius 2 is 1.68 bits per heavy atom. The van der Waals surface area contributed by atoms with E-state index in [1.807, 2.05) is 30.3 Å². The first-order valence-corrected chi connectivity index (χ1v) is 10.0. The van der Waals surface area contributed by atoms with Gasteiger partial charge in [-0.1, -0.05) is 31.2 Å². The van der Waals surface area contributed by atoms with Crippen molar-refractivity contribution >= 4 is 11.9 Å². The van der Waals surface area contributed by atoms with E-state index < -0.39 is 0 Å². The van der Waals surface area contributed by atoms with Crippen molar-refractivity contribution in [3.8, 4) is 23.0 Å². The number of aryl methyl sites for hydroxylation is 1. The summed E-state index contributed by atoms with van der Waals surface area (Å²) in [7, 11) is 3.06. The minimum absolute atomic E-state index is 0.00726. The van der Waals surface area contributed by atoms with E-state index in [1.54, 1.807) is 19.3 Å². The fourth-order valence-corrected chi connectivity index (χ4v) is 3.10. The summed E-state index contributed by atoms with van der Waals surface area (Å²) in [5.74, 6) is 1.57. The Morgan fingerprint density at radius 1 is 0.935 bits per heavy atom. The molecule has 1 N–H and O–H groups in total. The van der Waals surface area contributed by atoms with Crippen molar-refractivity contribution in [3.63, 3.8) is 0 Å². The number of carbonyl (C=O) groups is 1. The lowest BCUT2D eigenvalue weighted by Crippen LogP contribution is -2.00. The first kappa shape index (κ1) is 22.0. The lowest BCUT2D eigenvalue weighted by Gasteiger charge is -2.11. The largest absolute Gasteiger partial charge is 0.504 e. The van der Waals surface area contributed by atoms with Crippen LogP contribution >= 0.6 is 0 Å². The fraction of sp³-hybridized carbons (Fsp3) is 0.192. The number of benzene rings is 3. The number of carbonyl (C=O) groups excluding carboxylic acids is 1. The number of aromatic hydroxyl groups is 1. The first-order chi connectivity index (χ1) is 15.0. The van der Waals surface area contributed by atoms with Gasteiger partial charge >= 0.3 is 0 Å². The van der Waals surface area contributed by atoms with E-state index in [0.717, 1.165) is 29.0 Å². The molecule has 31 heavy (non-hydrogen) atoms. The Hall–Kier alpha value is -3.73. The number of phenols is 1. The van der Waals surface area contributed by atoms with E-state index in [2.05, 4.69) is 19.1 Å². The highest BCUT2D eigenvalue weighted by atomic mass is 16.5. The van der Waals surface area contributed by atoms with Gasteiger partial charge in [-0.3, -0.25) is 4.79 Å². The van der Waals surface area contributed by atoms with Gasteiger partial charge in [0.2, 0.25) is 0 Å². The number of methoxy groups -OCH3 is 2. The zero-order chi connectivity index (χ0) is 22.2. The van der Waals surface area contributed by atoms with Crippen LogP contribution in [-0.2, 0) is 13.0 Å². The number of phenolic OH excluding ortho intramolecular Hbond substituents is 1. The Morgan fingerprint density at radius 3 is 2.35 bits per heavy atom. The van der Waals surface area contributed by atoms with Gasteiger partial charge in [0, 0.05) is 11.1 Å². The molecule has 160 valence electrons. The Bertz CT molecular complexity index is 1070. The third-order valence-corrected chi connectivity index (χ3v) is 4.92. The van der Waals surface area contributed by atoms with Crippen molar-refractivity contribution in [2.45, 2.75) is 20.0 Å². The molecule has 0 saturated heterocycles. The molecule has 3 aromatic carbocycles. The average molecular weight is 418 g/mol. The number of rotatable bonds is 9. The van der Waals surface area contributed by atoms with Crippen LogP contribution in [0.1, 0.15) is 34.0 Å². The van der Waals surface area contributed by atoms with Crippen LogP contribution in [0.25, 0.3) is 6.08 Å². The minimum Gasteiger partial charge on any atom is -0.504 e. The molecule has 0 aliphatic carbocycles. The molecular formula is C26H26O5. The third kappa shape index (κ3) is 5.66. The number of hydrogen-bond acceptors (Lipinski definition) is 5. The van der Waals surface area contributed by atoms with Gasteiger partial charge in [-0.15, -0.1) is 0 Å². The van der Waals surface area contributed by atoms with E-state index in [0.29, 0.717) is 12.2 Å². The van der Waals surface area contributed by atoms with Gasteiger partial charge in [0.25, 0.3) is 0 Å². The van der Waals surface area contributed by atoms with Gasteiger partial charge in [0.05, 0.1) is 14.2 Å². The SMILES string of the molecule is CCc1ccc(OCc2cc(/C=C/C(=O)c3ccc(O)c(OC)c3)ccc2OC)cc1. The summed E-state index contributed by atoms with van der Waals surface area (Å²) in [6, 6.07) is 18.2. The molecule has 3 aromatic rings. The van der Waals surface area contributed by atoms with Gasteiger partial charge in [-0.05, 0) is 66.1 Å². The number of ether oxygens (including phenoxy) is 3. The molecule has 0 heterocycles. The van der Waals surface area contributed by atoms with E-state index >= 15 is 0 Å². The first-order valence-electron chi connectivity index (χ1n) is 10.0. The second kappa shape index (κ2) is 10.3. The summed E-state index contributed by atoms with van der Waals surface area (Å²) < 4.78 is 16.4. The predicted molar refractivity (Wildman–Crippen MR) is 121 cm³/mol. The van der Waals surface area contributed by atoms with Crippen molar-refractivity contribution < 1.29 is 24.1 Å². The van der Waals surface area contributed by atoms with Crippen LogP contribution in [0.5, 0.6) is 23.0 Å². The van der Waals surface area contributed by atoms with Crippen LogP contribution in [0.4, 0.5) is 0 Å². The quantitative estimate of drug-likeness (QED) is 0.370. The van der Waals surface area contributed by atoms with Crippen LogP contribution in [-0.4, -0.2) is 25.1 Å². The topological polar surface area (TPSA) is 65.0 Å². The van der Waals surface area contributed by atoms with Crippen LogP contribution in [0.15, 0.2) is 66.7 Å². The van der Waals surface area contributed by atoms with Crippen LogP contribution in [0, 0.1) is 0 Å². The summed E-state index contributed by atoms with van der Waals surface area (Å²) in [6.07, 6.45) is 4.21. The van der Waals surface area contributed by atoms with E-state index in [4.69, 9.17) is 14.2 Å². The molecule has 0 amide bonds. The molecule has 0 bridgehead atoms. The van der Waals surface area contributed by atoms with Crippen LogP contribution in [0.3, 0.4) is 0 Å². The molecule has 5 heteroatoms. The van der Waals surface area contributed by atoms with Crippen molar-refractivity contribution in [1.29, 1.82) is 0 Å². The minimum atomic E-state index is -0.192. The zero-order valence-corrected chi connectivity index (χ0v) is 17.9. The van der Waals surface area contributed by atoms with Crippen molar-refractivity contribution in [1.82, 2.24) is 0 Å². The molecule has 0 radical (unpaired) electrons. The van der Waals surface area contributed by atoms with E-state index in [9.17, 15) is 9.90 Å². The Labute approximate surface area is 182 Å². The maximum absolute atomic E-state index is 12.5. The Kier molecular flexibility index (Phi) is 7.33. The fourth-order valence-electron chi connectivity index (χ4n) is 3.10. The van der Waals surface area contributed by atoms with Crippen LogP contribution < -0.4 is 14.2 Å². The number of ketones is 1. The molecule has 0 aliphatic rings. The smallest absolute Gasteiger partial charge is 0.185 e. The molecule has 0 aliphatic heterocycles. The highest BCUT2D eigenvalue weighted by molar-refractivity contribution is 6.07. The maximum atomic E-state index is 12.5. The van der Waals surface area contributed by atoms with Gasteiger partial charge in [-0.25, -0.2) is 0 Å². The molecule has 0 saturated carbocycles. The van der Waals surface area contributed by atoms with Gasteiger partial charge in [0.1, 0.15) is 18.1 Å². The standard InChI is InChI=1S/C26H26O5/c1-4-18-5-10-22(11-6-18)31-17-21-15-19(8-14-25(21)29-2)7-12-23(27)20-9-13-24(28)26(16-20)30-3/h5-16,28H,4,17H2,1-3H3/b12-7+. The van der Waals surface area contributed by atoms with Crippen LogP contribution in [0.2, 0.25) is 0 Å². The second-order valence-electron chi connectivity index (χ2n) is 6.94. The summed E-state index contributed by atoms with van der Waals surface area (Å²) in [6.45, 7) is 2.46. The molecule has 5 nitrogen and oxygen atoms in total. The zero-order valence-electron chi connectivity index (χ0n) is 17.9. The molecular weight excluding hydrogens is 392 g/mol. The maximum Gasteiger partial charge on any atom is 0.185 e. The summed E-state index contributed by atoms with van der Waals surface area (Å²) in [5.41, 5.74) is 3.41. The van der Waals surface area contributed by atoms with Crippen molar-refractivity contribution in [2.24, 2.45) is 0 Å². The molecule has 3 rings (SSSR count). The molecule has 0 atom stereocenters. The van der Waals surface area contributed by atoms with E-state index in [-0.39, 0.29) is 17.3 Å². The molecule has 0 spiro atoms. The summed E-state index contributed by atoms with van der Waals surface area (Å²) in [5, 5.41) is 9.69. The van der Waals surface area contributed by atoms with Gasteiger partial charge < -0.3 is 19.3 Å². The van der Waals surface area contributed by atoms with Crippen molar-refractivity contribution in [2.75, 3.05) is 14.2 Å². The highest BCUT2D eigenvalue weighted by Gasteiger charge is 2.09. The third-order valence-electron chi connectivity index (χ3n) is 4.92.